The fourth-order valence-corrected chi connectivity index (χ4v) is 4.11. The number of carbonyl (C=O) groups excluding carboxylic acids is 1. The molecule has 0 spiro atoms. The fourth-order valence-electron chi connectivity index (χ4n) is 4.11. The van der Waals surface area contributed by atoms with Crippen molar-refractivity contribution in [1.82, 2.24) is 15.0 Å². The molecule has 1 unspecified atom stereocenters. The minimum atomic E-state index is -0.0939. The molecular formula is C26H31N3O5. The molecule has 180 valence electrons. The lowest BCUT2D eigenvalue weighted by atomic mass is 10.1. The van der Waals surface area contributed by atoms with Crippen LogP contribution in [0.25, 0.3) is 11.5 Å². The average molecular weight is 466 g/mol. The Hall–Kier alpha value is -3.55. The summed E-state index contributed by atoms with van der Waals surface area (Å²) in [4.78, 5) is 19.1. The van der Waals surface area contributed by atoms with E-state index in [1.807, 2.05) is 68.1 Å². The molecule has 0 N–H and O–H groups in total. The summed E-state index contributed by atoms with van der Waals surface area (Å²) in [5.74, 6) is 3.14. The number of hydrogen-bond acceptors (Lipinski definition) is 7. The van der Waals surface area contributed by atoms with Crippen LogP contribution in [0.15, 0.2) is 47.0 Å². The van der Waals surface area contributed by atoms with Crippen LogP contribution in [0.1, 0.15) is 44.5 Å². The van der Waals surface area contributed by atoms with Gasteiger partial charge in [-0.2, -0.15) is 4.98 Å². The molecule has 0 saturated carbocycles. The first-order valence-corrected chi connectivity index (χ1v) is 11.8. The molecule has 0 radical (unpaired) electrons. The van der Waals surface area contributed by atoms with Crippen LogP contribution in [-0.2, 0) is 11.2 Å². The van der Waals surface area contributed by atoms with Gasteiger partial charge in [-0.3, -0.25) is 4.79 Å². The number of para-hydroxylation sites is 1. The van der Waals surface area contributed by atoms with Gasteiger partial charge >= 0.3 is 0 Å². The van der Waals surface area contributed by atoms with E-state index in [1.54, 1.807) is 0 Å². The molecule has 4 rings (SSSR count). The van der Waals surface area contributed by atoms with Crippen LogP contribution < -0.4 is 14.2 Å². The normalized spacial score (nSPS) is 15.6. The molecule has 1 aliphatic heterocycles. The fraction of sp³-hybridized carbons (Fsp3) is 0.423. The molecule has 34 heavy (non-hydrogen) atoms. The van der Waals surface area contributed by atoms with Crippen molar-refractivity contribution in [2.75, 3.05) is 32.9 Å². The maximum Gasteiger partial charge on any atom is 0.261 e. The van der Waals surface area contributed by atoms with Crippen molar-refractivity contribution in [3.05, 3.63) is 53.9 Å². The van der Waals surface area contributed by atoms with Crippen molar-refractivity contribution in [3.8, 4) is 28.7 Å². The smallest absolute Gasteiger partial charge is 0.261 e. The topological polar surface area (TPSA) is 86.9 Å². The molecule has 2 heterocycles. The van der Waals surface area contributed by atoms with Crippen molar-refractivity contribution < 1.29 is 23.5 Å². The van der Waals surface area contributed by atoms with Gasteiger partial charge in [-0.1, -0.05) is 23.4 Å². The summed E-state index contributed by atoms with van der Waals surface area (Å²) in [6, 6.07) is 13.5. The number of ether oxygens (including phenoxy) is 3. The molecule has 0 aliphatic carbocycles. The first-order chi connectivity index (χ1) is 16.6. The van der Waals surface area contributed by atoms with Gasteiger partial charge in [0.05, 0.1) is 25.4 Å². The molecule has 2 aromatic carbocycles. The Bertz CT molecular complexity index is 1110. The van der Waals surface area contributed by atoms with Gasteiger partial charge in [0.2, 0.25) is 5.91 Å². The van der Waals surface area contributed by atoms with Crippen molar-refractivity contribution in [3.63, 3.8) is 0 Å². The molecule has 0 bridgehead atoms. The largest absolute Gasteiger partial charge is 0.493 e. The molecular weight excluding hydrogens is 434 g/mol. The minimum Gasteiger partial charge on any atom is -0.493 e. The Morgan fingerprint density at radius 1 is 0.971 bits per heavy atom. The quantitative estimate of drug-likeness (QED) is 0.412. The van der Waals surface area contributed by atoms with Gasteiger partial charge < -0.3 is 23.6 Å². The van der Waals surface area contributed by atoms with Gasteiger partial charge in [-0.05, 0) is 57.0 Å². The van der Waals surface area contributed by atoms with Crippen LogP contribution in [0, 0.1) is 0 Å². The highest BCUT2D eigenvalue weighted by Crippen LogP contribution is 2.33. The summed E-state index contributed by atoms with van der Waals surface area (Å²) in [6.45, 7) is 8.71. The Kier molecular flexibility index (Phi) is 7.67. The van der Waals surface area contributed by atoms with Crippen molar-refractivity contribution >= 4 is 5.91 Å². The molecule has 8 nitrogen and oxygen atoms in total. The number of carbonyl (C=O) groups is 1. The van der Waals surface area contributed by atoms with E-state index in [2.05, 4.69) is 10.1 Å². The second-order valence-electron chi connectivity index (χ2n) is 8.02. The number of benzene rings is 2. The van der Waals surface area contributed by atoms with Gasteiger partial charge in [-0.25, -0.2) is 0 Å². The maximum atomic E-state index is 12.7. The lowest BCUT2D eigenvalue weighted by molar-refractivity contribution is -0.127. The SMILES string of the molecule is CCOc1ccc(CCN2CC(c3noc(-c4ccccc4OCC)n3)CC2=O)cc1OCC. The van der Waals surface area contributed by atoms with Gasteiger partial charge in [0, 0.05) is 25.4 Å². The van der Waals surface area contributed by atoms with E-state index in [-0.39, 0.29) is 11.8 Å². The Labute approximate surface area is 199 Å². The Morgan fingerprint density at radius 2 is 1.71 bits per heavy atom. The van der Waals surface area contributed by atoms with Crippen LogP contribution >= 0.6 is 0 Å². The lowest BCUT2D eigenvalue weighted by Gasteiger charge is -2.17. The molecule has 1 saturated heterocycles. The average Bonchev–Trinajstić information content (AvgIpc) is 3.47. The molecule has 1 amide bonds. The third kappa shape index (κ3) is 5.32. The highest BCUT2D eigenvalue weighted by molar-refractivity contribution is 5.79. The summed E-state index contributed by atoms with van der Waals surface area (Å²) in [6.07, 6.45) is 1.10. The highest BCUT2D eigenvalue weighted by Gasteiger charge is 2.33. The van der Waals surface area contributed by atoms with Crippen LogP contribution in [0.5, 0.6) is 17.2 Å². The molecule has 3 aromatic rings. The number of rotatable bonds is 11. The zero-order chi connectivity index (χ0) is 23.9. The van der Waals surface area contributed by atoms with Gasteiger partial charge in [0.1, 0.15) is 5.75 Å². The highest BCUT2D eigenvalue weighted by atomic mass is 16.5. The molecule has 1 fully saturated rings. The van der Waals surface area contributed by atoms with Gasteiger partial charge in [0.25, 0.3) is 5.89 Å². The van der Waals surface area contributed by atoms with E-state index in [9.17, 15) is 4.79 Å². The first kappa shape index (κ1) is 23.6. The van der Waals surface area contributed by atoms with Crippen LogP contribution in [0.3, 0.4) is 0 Å². The molecule has 8 heteroatoms. The zero-order valence-corrected chi connectivity index (χ0v) is 20.0. The van der Waals surface area contributed by atoms with Crippen LogP contribution in [0.2, 0.25) is 0 Å². The number of hydrogen-bond donors (Lipinski definition) is 0. The Morgan fingerprint density at radius 3 is 2.50 bits per heavy atom. The zero-order valence-electron chi connectivity index (χ0n) is 20.0. The molecule has 1 aromatic heterocycles. The van der Waals surface area contributed by atoms with E-state index in [0.29, 0.717) is 56.8 Å². The molecule has 1 aliphatic rings. The first-order valence-electron chi connectivity index (χ1n) is 11.8. The predicted molar refractivity (Wildman–Crippen MR) is 127 cm³/mol. The summed E-state index contributed by atoms with van der Waals surface area (Å²) in [5.41, 5.74) is 1.85. The van der Waals surface area contributed by atoms with Gasteiger partial charge in [-0.15, -0.1) is 0 Å². The van der Waals surface area contributed by atoms with Crippen molar-refractivity contribution in [2.24, 2.45) is 0 Å². The molecule has 1 atom stereocenters. The Balaban J connectivity index is 1.40. The number of aromatic nitrogens is 2. The van der Waals surface area contributed by atoms with E-state index in [0.717, 1.165) is 29.0 Å². The summed E-state index contributed by atoms with van der Waals surface area (Å²) in [7, 11) is 0. The van der Waals surface area contributed by atoms with E-state index < -0.39 is 0 Å². The van der Waals surface area contributed by atoms with E-state index >= 15 is 0 Å². The predicted octanol–water partition coefficient (Wildman–Crippen LogP) is 4.49. The van der Waals surface area contributed by atoms with Crippen molar-refractivity contribution in [1.29, 1.82) is 0 Å². The standard InChI is InChI=1S/C26H31N3O5/c1-4-31-21-10-8-7-9-20(21)26-27-25(28-34-26)19-16-24(30)29(17-19)14-13-18-11-12-22(32-5-2)23(15-18)33-6-3/h7-12,15,19H,4-6,13-14,16-17H2,1-3H3. The van der Waals surface area contributed by atoms with E-state index in [4.69, 9.17) is 18.7 Å². The number of likely N-dealkylation sites (tertiary alicyclic amines) is 1. The van der Waals surface area contributed by atoms with Gasteiger partial charge in [0.15, 0.2) is 17.3 Å². The summed E-state index contributed by atoms with van der Waals surface area (Å²) in [5, 5.41) is 4.17. The van der Waals surface area contributed by atoms with Crippen molar-refractivity contribution in [2.45, 2.75) is 39.5 Å². The number of nitrogens with zero attached hydrogens (tertiary/aromatic N) is 3. The minimum absolute atomic E-state index is 0.0939. The lowest BCUT2D eigenvalue weighted by Crippen LogP contribution is -2.27. The maximum absolute atomic E-state index is 12.7. The number of amides is 1. The summed E-state index contributed by atoms with van der Waals surface area (Å²) >= 11 is 0. The third-order valence-corrected chi connectivity index (χ3v) is 5.72. The van der Waals surface area contributed by atoms with E-state index in [1.165, 1.54) is 0 Å². The second-order valence-corrected chi connectivity index (χ2v) is 8.02. The second kappa shape index (κ2) is 11.0. The van der Waals surface area contributed by atoms with Crippen LogP contribution in [0.4, 0.5) is 0 Å². The van der Waals surface area contributed by atoms with Crippen LogP contribution in [-0.4, -0.2) is 53.9 Å². The summed E-state index contributed by atoms with van der Waals surface area (Å²) < 4.78 is 22.5. The monoisotopic (exact) mass is 465 g/mol. The third-order valence-electron chi connectivity index (χ3n) is 5.72.